The van der Waals surface area contributed by atoms with Crippen molar-refractivity contribution in [1.82, 2.24) is 0 Å². The summed E-state index contributed by atoms with van der Waals surface area (Å²) in [6.07, 6.45) is 3.76. The molecule has 1 aliphatic heterocycles. The third kappa shape index (κ3) is 4.53. The van der Waals surface area contributed by atoms with Crippen LogP contribution in [0.1, 0.15) is 17.5 Å². The highest BCUT2D eigenvalue weighted by Crippen LogP contribution is 2.30. The van der Waals surface area contributed by atoms with E-state index in [1.165, 1.54) is 31.4 Å². The Balaban J connectivity index is 1.61. The average Bonchev–Trinajstić information content (AvgIpc) is 2.89. The summed E-state index contributed by atoms with van der Waals surface area (Å²) in [6.45, 7) is 1.14. The Labute approximate surface area is 150 Å². The molecular weight excluding hydrogens is 339 g/mol. The van der Waals surface area contributed by atoms with Crippen LogP contribution in [0.4, 0.5) is 4.39 Å². The maximum Gasteiger partial charge on any atom is 0.331 e. The Morgan fingerprint density at radius 1 is 1.15 bits per heavy atom. The number of hydrogen-bond acceptors (Lipinski definition) is 5. The minimum atomic E-state index is -0.538. The molecule has 0 bridgehead atoms. The molecular formula is C20H19FO5. The maximum atomic E-state index is 13.3. The van der Waals surface area contributed by atoms with Gasteiger partial charge in [-0.1, -0.05) is 6.07 Å². The van der Waals surface area contributed by atoms with Crippen molar-refractivity contribution in [2.45, 2.75) is 13.0 Å². The van der Waals surface area contributed by atoms with Gasteiger partial charge in [0, 0.05) is 18.1 Å². The SMILES string of the molecule is COc1ccc(F)cc1COC(=O)/C=C/c1ccc2c(c1)OCCCO2. The molecule has 5 nitrogen and oxygen atoms in total. The molecule has 26 heavy (non-hydrogen) atoms. The lowest BCUT2D eigenvalue weighted by molar-refractivity contribution is -0.138. The second-order valence-electron chi connectivity index (χ2n) is 5.65. The maximum absolute atomic E-state index is 13.3. The smallest absolute Gasteiger partial charge is 0.331 e. The quantitative estimate of drug-likeness (QED) is 0.602. The van der Waals surface area contributed by atoms with Gasteiger partial charge in [0.05, 0.1) is 20.3 Å². The van der Waals surface area contributed by atoms with Gasteiger partial charge >= 0.3 is 5.97 Å². The van der Waals surface area contributed by atoms with Gasteiger partial charge in [-0.05, 0) is 42.0 Å². The highest BCUT2D eigenvalue weighted by Gasteiger charge is 2.10. The molecule has 0 saturated carbocycles. The normalized spacial score (nSPS) is 13.3. The first kappa shape index (κ1) is 17.8. The summed E-state index contributed by atoms with van der Waals surface area (Å²) >= 11 is 0. The topological polar surface area (TPSA) is 54.0 Å². The standard InChI is InChI=1S/C20H19FO5/c1-23-17-7-5-16(21)12-15(17)13-26-20(22)8-4-14-3-6-18-19(11-14)25-10-2-9-24-18/h3-8,11-12H,2,9-10,13H2,1H3/b8-4+. The van der Waals surface area contributed by atoms with E-state index in [0.29, 0.717) is 36.0 Å². The molecule has 136 valence electrons. The number of hydrogen-bond donors (Lipinski definition) is 0. The lowest BCUT2D eigenvalue weighted by atomic mass is 10.2. The van der Waals surface area contributed by atoms with E-state index in [9.17, 15) is 9.18 Å². The number of ether oxygens (including phenoxy) is 4. The lowest BCUT2D eigenvalue weighted by Gasteiger charge is -2.08. The molecule has 0 aromatic heterocycles. The van der Waals surface area contributed by atoms with E-state index in [0.717, 1.165) is 12.0 Å². The van der Waals surface area contributed by atoms with E-state index in [4.69, 9.17) is 18.9 Å². The minimum absolute atomic E-state index is 0.0781. The molecule has 0 fully saturated rings. The predicted molar refractivity (Wildman–Crippen MR) is 93.8 cm³/mol. The molecule has 0 amide bonds. The molecule has 0 atom stereocenters. The summed E-state index contributed by atoms with van der Waals surface area (Å²) in [7, 11) is 1.47. The summed E-state index contributed by atoms with van der Waals surface area (Å²) in [5.41, 5.74) is 1.25. The van der Waals surface area contributed by atoms with Crippen LogP contribution in [0.2, 0.25) is 0 Å². The van der Waals surface area contributed by atoms with Gasteiger partial charge in [-0.25, -0.2) is 9.18 Å². The fourth-order valence-corrected chi connectivity index (χ4v) is 2.50. The first-order chi connectivity index (χ1) is 12.7. The lowest BCUT2D eigenvalue weighted by Crippen LogP contribution is -2.02. The summed E-state index contributed by atoms with van der Waals surface area (Å²) in [4.78, 5) is 11.9. The Hall–Kier alpha value is -3.02. The van der Waals surface area contributed by atoms with E-state index in [1.807, 2.05) is 12.1 Å². The van der Waals surface area contributed by atoms with Crippen molar-refractivity contribution in [2.24, 2.45) is 0 Å². The average molecular weight is 358 g/mol. The van der Waals surface area contributed by atoms with E-state index in [-0.39, 0.29) is 6.61 Å². The number of benzene rings is 2. The first-order valence-corrected chi connectivity index (χ1v) is 8.22. The minimum Gasteiger partial charge on any atom is -0.496 e. The molecule has 0 aliphatic carbocycles. The van der Waals surface area contributed by atoms with Crippen LogP contribution < -0.4 is 14.2 Å². The second kappa shape index (κ2) is 8.38. The van der Waals surface area contributed by atoms with Crippen LogP contribution in [0, 0.1) is 5.82 Å². The molecule has 0 spiro atoms. The Kier molecular flexibility index (Phi) is 5.73. The van der Waals surface area contributed by atoms with Crippen molar-refractivity contribution in [3.05, 3.63) is 59.4 Å². The zero-order valence-electron chi connectivity index (χ0n) is 14.4. The van der Waals surface area contributed by atoms with E-state index in [1.54, 1.807) is 12.1 Å². The number of carbonyl (C=O) groups excluding carboxylic acids is 1. The summed E-state index contributed by atoms with van der Waals surface area (Å²) in [5, 5.41) is 0. The Morgan fingerprint density at radius 2 is 1.96 bits per heavy atom. The Bertz CT molecular complexity index is 816. The molecule has 1 heterocycles. The van der Waals surface area contributed by atoms with Crippen molar-refractivity contribution in [1.29, 1.82) is 0 Å². The number of carbonyl (C=O) groups is 1. The highest BCUT2D eigenvalue weighted by molar-refractivity contribution is 5.87. The molecule has 0 radical (unpaired) electrons. The van der Waals surface area contributed by atoms with Crippen molar-refractivity contribution >= 4 is 12.0 Å². The van der Waals surface area contributed by atoms with Gasteiger partial charge in [-0.2, -0.15) is 0 Å². The number of methoxy groups -OCH3 is 1. The third-order valence-corrected chi connectivity index (χ3v) is 3.80. The third-order valence-electron chi connectivity index (χ3n) is 3.80. The molecule has 1 aliphatic rings. The van der Waals surface area contributed by atoms with Crippen LogP contribution in [-0.2, 0) is 16.1 Å². The van der Waals surface area contributed by atoms with Gasteiger partial charge in [-0.3, -0.25) is 0 Å². The predicted octanol–water partition coefficient (Wildman–Crippen LogP) is 3.75. The van der Waals surface area contributed by atoms with E-state index >= 15 is 0 Å². The molecule has 3 rings (SSSR count). The zero-order valence-corrected chi connectivity index (χ0v) is 14.4. The van der Waals surface area contributed by atoms with E-state index in [2.05, 4.69) is 0 Å². The van der Waals surface area contributed by atoms with Gasteiger partial charge in [0.15, 0.2) is 11.5 Å². The highest BCUT2D eigenvalue weighted by atomic mass is 19.1. The molecule has 0 N–H and O–H groups in total. The van der Waals surface area contributed by atoms with Gasteiger partial charge < -0.3 is 18.9 Å². The first-order valence-electron chi connectivity index (χ1n) is 8.22. The van der Waals surface area contributed by atoms with Crippen LogP contribution in [0.3, 0.4) is 0 Å². The Morgan fingerprint density at radius 3 is 2.77 bits per heavy atom. The van der Waals surface area contributed by atoms with Crippen molar-refractivity contribution < 1.29 is 28.1 Å². The fraction of sp³-hybridized carbons (Fsp3) is 0.250. The van der Waals surface area contributed by atoms with Gasteiger partial charge in [0.1, 0.15) is 18.2 Å². The number of halogens is 1. The fourth-order valence-electron chi connectivity index (χ4n) is 2.50. The van der Waals surface area contributed by atoms with Crippen LogP contribution >= 0.6 is 0 Å². The monoisotopic (exact) mass is 358 g/mol. The van der Waals surface area contributed by atoms with Crippen LogP contribution in [0.5, 0.6) is 17.2 Å². The van der Waals surface area contributed by atoms with Crippen molar-refractivity contribution in [3.8, 4) is 17.2 Å². The summed E-state index contributed by atoms with van der Waals surface area (Å²) in [6, 6.07) is 9.50. The van der Waals surface area contributed by atoms with Crippen molar-refractivity contribution in [3.63, 3.8) is 0 Å². The molecule has 2 aromatic rings. The zero-order chi connectivity index (χ0) is 18.4. The van der Waals surface area contributed by atoms with Crippen molar-refractivity contribution in [2.75, 3.05) is 20.3 Å². The van der Waals surface area contributed by atoms with Crippen LogP contribution in [-0.4, -0.2) is 26.3 Å². The van der Waals surface area contributed by atoms with Gasteiger partial charge in [0.25, 0.3) is 0 Å². The number of rotatable bonds is 5. The van der Waals surface area contributed by atoms with Gasteiger partial charge in [0.2, 0.25) is 0 Å². The molecule has 2 aromatic carbocycles. The molecule has 0 saturated heterocycles. The van der Waals surface area contributed by atoms with Crippen LogP contribution in [0.15, 0.2) is 42.5 Å². The van der Waals surface area contributed by atoms with Gasteiger partial charge in [-0.15, -0.1) is 0 Å². The molecule has 6 heteroatoms. The largest absolute Gasteiger partial charge is 0.496 e. The summed E-state index contributed by atoms with van der Waals surface area (Å²) < 4.78 is 34.8. The second-order valence-corrected chi connectivity index (χ2v) is 5.65. The molecule has 0 unspecified atom stereocenters. The van der Waals surface area contributed by atoms with E-state index < -0.39 is 11.8 Å². The summed E-state index contributed by atoms with van der Waals surface area (Å²) in [5.74, 6) is 0.858. The van der Waals surface area contributed by atoms with Crippen LogP contribution in [0.25, 0.3) is 6.08 Å². The number of fused-ring (bicyclic) bond motifs is 1. The number of esters is 1.